The van der Waals surface area contributed by atoms with Gasteiger partial charge in [-0.3, -0.25) is 9.59 Å². The quantitative estimate of drug-likeness (QED) is 0.360. The predicted molar refractivity (Wildman–Crippen MR) is 105 cm³/mol. The number of allylic oxidation sites excluding steroid dienone is 1. The normalized spacial score (nSPS) is 41.5. The van der Waals surface area contributed by atoms with Crippen LogP contribution in [0, 0.1) is 24.2 Å². The lowest BCUT2D eigenvalue weighted by Gasteiger charge is -2.36. The Morgan fingerprint density at radius 2 is 1.61 bits per heavy atom. The zero-order valence-corrected chi connectivity index (χ0v) is 17.0. The third-order valence-corrected chi connectivity index (χ3v) is 5.93. The Morgan fingerprint density at radius 3 is 2.36 bits per heavy atom. The van der Waals surface area contributed by atoms with Gasteiger partial charge in [-0.25, -0.2) is 0 Å². The lowest BCUT2D eigenvalue weighted by molar-refractivity contribution is -0.158. The number of hydrogen-bond donors (Lipinski definition) is 0. The molecule has 0 N–H and O–H groups in total. The van der Waals surface area contributed by atoms with E-state index in [9.17, 15) is 9.59 Å². The summed E-state index contributed by atoms with van der Waals surface area (Å²) < 4.78 is 17.9. The highest BCUT2D eigenvalue weighted by Gasteiger charge is 2.34. The third kappa shape index (κ3) is 5.93. The highest BCUT2D eigenvalue weighted by atomic mass is 16.5. The Labute approximate surface area is 168 Å². The first-order chi connectivity index (χ1) is 13.4. The molecule has 0 aromatic rings. The first kappa shape index (κ1) is 21.1. The van der Waals surface area contributed by atoms with Gasteiger partial charge < -0.3 is 14.2 Å². The number of fused-ring (bicyclic) bond motifs is 4. The molecule has 4 bridgehead atoms. The molecule has 2 saturated heterocycles. The summed E-state index contributed by atoms with van der Waals surface area (Å²) in [7, 11) is 0. The summed E-state index contributed by atoms with van der Waals surface area (Å²) >= 11 is 0. The molecule has 154 valence electrons. The fraction of sp³-hybridized carbons (Fsp3) is 0.739. The number of hydrogen-bond acceptors (Lipinski definition) is 5. The summed E-state index contributed by atoms with van der Waals surface area (Å²) in [6.45, 7) is 4.12. The van der Waals surface area contributed by atoms with Crippen LogP contribution in [0.25, 0.3) is 0 Å². The lowest BCUT2D eigenvalue weighted by Crippen LogP contribution is -2.39. The average Bonchev–Trinajstić information content (AvgIpc) is 2.63. The van der Waals surface area contributed by atoms with Gasteiger partial charge in [0, 0.05) is 25.2 Å². The van der Waals surface area contributed by atoms with E-state index in [1.54, 1.807) is 0 Å². The molecule has 0 spiro atoms. The molecule has 28 heavy (non-hydrogen) atoms. The number of carbonyl (C=O) groups excluding carboxylic acids is 2. The van der Waals surface area contributed by atoms with Crippen LogP contribution in [-0.4, -0.2) is 42.3 Å². The number of ether oxygens (including phenoxy) is 3. The molecule has 0 aliphatic carbocycles. The maximum atomic E-state index is 12.4. The van der Waals surface area contributed by atoms with E-state index in [1.807, 2.05) is 13.0 Å². The molecule has 5 heteroatoms. The van der Waals surface area contributed by atoms with Crippen molar-refractivity contribution in [3.63, 3.8) is 0 Å². The van der Waals surface area contributed by atoms with Crippen LogP contribution in [0.2, 0.25) is 0 Å². The Balaban J connectivity index is 1.77. The highest BCUT2D eigenvalue weighted by molar-refractivity contribution is 5.81. The molecule has 0 saturated carbocycles. The molecule has 0 amide bonds. The van der Waals surface area contributed by atoms with E-state index in [4.69, 9.17) is 20.6 Å². The minimum atomic E-state index is -0.616. The summed E-state index contributed by atoms with van der Waals surface area (Å²) in [4.78, 5) is 24.6. The minimum absolute atomic E-state index is 0.0570. The van der Waals surface area contributed by atoms with Crippen molar-refractivity contribution in [2.24, 2.45) is 11.8 Å². The molecule has 3 rings (SSSR count). The first-order valence-electron chi connectivity index (χ1n) is 10.6. The number of esters is 1. The van der Waals surface area contributed by atoms with Crippen molar-refractivity contribution in [1.29, 1.82) is 0 Å². The van der Waals surface area contributed by atoms with Crippen molar-refractivity contribution in [3.8, 4) is 12.3 Å². The van der Waals surface area contributed by atoms with E-state index >= 15 is 0 Å². The standard InChI is InChI=1S/C23H32O5/c1-4-22-16(3)9-8-15(2)10-18-6-5-7-19(26-18)13-20-11-17(24)12-21(27-20)14-23(25)28-22/h1,8-9,15-16,18-22H,5-7,10-14H2,2-3H3/b9-8+/t15-,16-,18+,19-,20+,21-,22-/m0/s1. The SMILES string of the molecule is C#C[C@@H]1OC(=O)C[C@@H]2CC(=O)C[C@H](C[C@@H]3CCC[C@H](C[C@@H](C)/C=C/[C@@H]1C)O3)O2. The molecule has 3 aliphatic heterocycles. The highest BCUT2D eigenvalue weighted by Crippen LogP contribution is 2.30. The second-order valence-corrected chi connectivity index (χ2v) is 8.61. The van der Waals surface area contributed by atoms with Crippen molar-refractivity contribution in [2.75, 3.05) is 0 Å². The van der Waals surface area contributed by atoms with Crippen LogP contribution in [0.3, 0.4) is 0 Å². The van der Waals surface area contributed by atoms with E-state index in [0.29, 0.717) is 18.8 Å². The van der Waals surface area contributed by atoms with Crippen LogP contribution in [-0.2, 0) is 23.8 Å². The average molecular weight is 389 g/mol. The van der Waals surface area contributed by atoms with Crippen LogP contribution < -0.4 is 0 Å². The molecule has 7 atom stereocenters. The fourth-order valence-electron chi connectivity index (χ4n) is 4.47. The van der Waals surface area contributed by atoms with Crippen molar-refractivity contribution in [2.45, 2.75) is 95.7 Å². The van der Waals surface area contributed by atoms with Crippen molar-refractivity contribution < 1.29 is 23.8 Å². The third-order valence-electron chi connectivity index (χ3n) is 5.93. The topological polar surface area (TPSA) is 61.8 Å². The van der Waals surface area contributed by atoms with Crippen LogP contribution >= 0.6 is 0 Å². The van der Waals surface area contributed by atoms with Crippen LogP contribution in [0.4, 0.5) is 0 Å². The second kappa shape index (κ2) is 9.71. The fourth-order valence-corrected chi connectivity index (χ4v) is 4.47. The Morgan fingerprint density at radius 1 is 0.929 bits per heavy atom. The molecule has 5 nitrogen and oxygen atoms in total. The lowest BCUT2D eigenvalue weighted by atomic mass is 9.91. The van der Waals surface area contributed by atoms with Crippen molar-refractivity contribution >= 4 is 11.8 Å². The van der Waals surface area contributed by atoms with Crippen molar-refractivity contribution in [1.82, 2.24) is 0 Å². The first-order valence-corrected chi connectivity index (χ1v) is 10.6. The largest absolute Gasteiger partial charge is 0.448 e. The van der Waals surface area contributed by atoms with Crippen LogP contribution in [0.15, 0.2) is 12.2 Å². The van der Waals surface area contributed by atoms with Crippen molar-refractivity contribution in [3.05, 3.63) is 12.2 Å². The van der Waals surface area contributed by atoms with Crippen LogP contribution in [0.1, 0.15) is 65.2 Å². The molecule has 0 radical (unpaired) electrons. The summed E-state index contributed by atoms with van der Waals surface area (Å²) in [5.74, 6) is 2.58. The molecule has 2 fully saturated rings. The monoisotopic (exact) mass is 388 g/mol. The van der Waals surface area contributed by atoms with E-state index < -0.39 is 18.2 Å². The smallest absolute Gasteiger partial charge is 0.309 e. The van der Waals surface area contributed by atoms with Gasteiger partial charge in [-0.2, -0.15) is 0 Å². The molecule has 0 aromatic heterocycles. The summed E-state index contributed by atoms with van der Waals surface area (Å²) in [5.41, 5.74) is 0. The van der Waals surface area contributed by atoms with Crippen LogP contribution in [0.5, 0.6) is 0 Å². The maximum absolute atomic E-state index is 12.4. The Hall–Kier alpha value is -1.64. The molecular formula is C23H32O5. The van der Waals surface area contributed by atoms with E-state index in [-0.39, 0.29) is 42.9 Å². The van der Waals surface area contributed by atoms with E-state index in [0.717, 1.165) is 25.7 Å². The van der Waals surface area contributed by atoms with Gasteiger partial charge in [0.2, 0.25) is 0 Å². The minimum Gasteiger partial charge on any atom is -0.448 e. The number of carbonyl (C=O) groups is 2. The zero-order chi connectivity index (χ0) is 20.1. The molecule has 3 aliphatic rings. The van der Waals surface area contributed by atoms with Gasteiger partial charge in [-0.1, -0.05) is 31.9 Å². The summed E-state index contributed by atoms with van der Waals surface area (Å²) in [6, 6.07) is 0. The Bertz CT molecular complexity index is 633. The maximum Gasteiger partial charge on any atom is 0.309 e. The van der Waals surface area contributed by atoms with Gasteiger partial charge in [-0.15, -0.1) is 6.42 Å². The van der Waals surface area contributed by atoms with Gasteiger partial charge in [0.1, 0.15) is 5.78 Å². The van der Waals surface area contributed by atoms with Gasteiger partial charge in [0.25, 0.3) is 0 Å². The molecule has 0 aromatic carbocycles. The van der Waals surface area contributed by atoms with Gasteiger partial charge in [-0.05, 0) is 31.6 Å². The van der Waals surface area contributed by atoms with Gasteiger partial charge in [0.05, 0.1) is 30.8 Å². The number of ketones is 1. The number of Topliss-reactive ketones (excluding diaryl/α,β-unsaturated/α-hetero) is 1. The molecule has 0 unspecified atom stereocenters. The predicted octanol–water partition coefficient (Wildman–Crippen LogP) is 3.60. The summed E-state index contributed by atoms with van der Waals surface area (Å²) in [6.07, 6.45) is 14.5. The molecule has 3 heterocycles. The molecular weight excluding hydrogens is 356 g/mol. The zero-order valence-electron chi connectivity index (χ0n) is 17.0. The number of terminal acetylenes is 1. The number of rotatable bonds is 0. The van der Waals surface area contributed by atoms with E-state index in [1.165, 1.54) is 0 Å². The second-order valence-electron chi connectivity index (χ2n) is 8.61. The summed E-state index contributed by atoms with van der Waals surface area (Å²) in [5, 5.41) is 0. The van der Waals surface area contributed by atoms with Gasteiger partial charge >= 0.3 is 5.97 Å². The van der Waals surface area contributed by atoms with E-state index in [2.05, 4.69) is 18.9 Å². The van der Waals surface area contributed by atoms with Gasteiger partial charge in [0.15, 0.2) is 6.10 Å². The Kier molecular flexibility index (Phi) is 7.31. The number of cyclic esters (lactones) is 1.